The van der Waals surface area contributed by atoms with Crippen molar-refractivity contribution in [1.29, 1.82) is 0 Å². The largest absolute Gasteiger partial charge is 0.325 e. The summed E-state index contributed by atoms with van der Waals surface area (Å²) in [4.78, 5) is 24.8. The molecule has 2 aromatic carbocycles. The summed E-state index contributed by atoms with van der Waals surface area (Å²) in [6, 6.07) is 17.1. The number of sulfonamides is 1. The predicted molar refractivity (Wildman–Crippen MR) is 141 cm³/mol. The molecular formula is C24H17Cl2FN6O3S. The number of hydrogen-bond donors (Lipinski definition) is 3. The number of benzene rings is 2. The summed E-state index contributed by atoms with van der Waals surface area (Å²) in [5, 5.41) is 6.17. The molecule has 188 valence electrons. The van der Waals surface area contributed by atoms with Crippen LogP contribution in [-0.4, -0.2) is 30.3 Å². The van der Waals surface area contributed by atoms with Gasteiger partial charge in [0, 0.05) is 33.7 Å². The van der Waals surface area contributed by atoms with Crippen molar-refractivity contribution in [3.8, 4) is 0 Å². The van der Waals surface area contributed by atoms with E-state index in [1.165, 1.54) is 73.1 Å². The number of carbonyl (C=O) groups is 1. The van der Waals surface area contributed by atoms with Crippen molar-refractivity contribution in [2.24, 2.45) is 4.99 Å². The van der Waals surface area contributed by atoms with Crippen molar-refractivity contribution < 1.29 is 17.6 Å². The fourth-order valence-electron chi connectivity index (χ4n) is 2.99. The lowest BCUT2D eigenvalue weighted by molar-refractivity contribution is 0.100. The Morgan fingerprint density at radius 2 is 1.65 bits per heavy atom. The van der Waals surface area contributed by atoms with Crippen molar-refractivity contribution in [2.45, 2.75) is 4.90 Å². The quantitative estimate of drug-likeness (QED) is 0.212. The van der Waals surface area contributed by atoms with Crippen LogP contribution in [0.25, 0.3) is 0 Å². The van der Waals surface area contributed by atoms with Crippen LogP contribution in [-0.2, 0) is 10.0 Å². The van der Waals surface area contributed by atoms with Crippen LogP contribution < -0.4 is 15.4 Å². The lowest BCUT2D eigenvalue weighted by Gasteiger charge is -2.13. The van der Waals surface area contributed by atoms with E-state index in [0.717, 1.165) is 12.1 Å². The van der Waals surface area contributed by atoms with Gasteiger partial charge in [-0.3, -0.25) is 14.5 Å². The minimum Gasteiger partial charge on any atom is -0.325 e. The molecule has 0 radical (unpaired) electrons. The van der Waals surface area contributed by atoms with E-state index in [4.69, 9.17) is 23.2 Å². The number of pyridine rings is 2. The summed E-state index contributed by atoms with van der Waals surface area (Å²) in [5.41, 5.74) is 0.447. The van der Waals surface area contributed by atoms with E-state index in [1.54, 1.807) is 0 Å². The van der Waals surface area contributed by atoms with E-state index in [0.29, 0.717) is 5.02 Å². The topological polar surface area (TPSA) is 125 Å². The van der Waals surface area contributed by atoms with Gasteiger partial charge in [-0.25, -0.2) is 17.8 Å². The molecule has 0 unspecified atom stereocenters. The lowest BCUT2D eigenvalue weighted by Crippen LogP contribution is -2.24. The second-order valence-electron chi connectivity index (χ2n) is 7.38. The lowest BCUT2D eigenvalue weighted by atomic mass is 10.2. The van der Waals surface area contributed by atoms with Gasteiger partial charge >= 0.3 is 0 Å². The van der Waals surface area contributed by atoms with Crippen LogP contribution in [0.3, 0.4) is 0 Å². The molecule has 4 rings (SSSR count). The van der Waals surface area contributed by atoms with Crippen LogP contribution >= 0.6 is 23.2 Å². The van der Waals surface area contributed by atoms with E-state index in [9.17, 15) is 17.6 Å². The Hall–Kier alpha value is -4.06. The first-order valence-electron chi connectivity index (χ1n) is 10.5. The number of carbonyl (C=O) groups excluding carboxylic acids is 1. The molecule has 0 saturated carbocycles. The highest BCUT2D eigenvalue weighted by Crippen LogP contribution is 2.20. The standard InChI is InChI=1S/C24H17Cl2FN6O3S/c25-16-8-6-15(7-9-16)23(34)32-24(29-19-12-17(26)11-18(27)13-19)31-21-4-1-5-22(30-21)33-37(35,36)20-3-2-10-28-14-20/h1-14H,(H3,29,30,31,32,33,34). The molecule has 0 spiro atoms. The maximum Gasteiger partial charge on any atom is 0.280 e. The van der Waals surface area contributed by atoms with E-state index in [1.807, 2.05) is 0 Å². The Labute approximate surface area is 221 Å². The summed E-state index contributed by atoms with van der Waals surface area (Å²) in [6.45, 7) is 0. The van der Waals surface area contributed by atoms with Crippen LogP contribution in [0.5, 0.6) is 0 Å². The first kappa shape index (κ1) is 26.0. The second-order valence-corrected chi connectivity index (χ2v) is 9.94. The predicted octanol–water partition coefficient (Wildman–Crippen LogP) is 5.44. The Balaban J connectivity index is 1.62. The van der Waals surface area contributed by atoms with Crippen molar-refractivity contribution in [1.82, 2.24) is 9.97 Å². The van der Waals surface area contributed by atoms with Gasteiger partial charge in [0.1, 0.15) is 22.3 Å². The van der Waals surface area contributed by atoms with E-state index < -0.39 is 21.7 Å². The second kappa shape index (κ2) is 11.3. The molecule has 1 amide bonds. The van der Waals surface area contributed by atoms with E-state index in [2.05, 4.69) is 30.3 Å². The maximum atomic E-state index is 13.9. The number of aliphatic imine (C=N–C) groups is 1. The zero-order chi connectivity index (χ0) is 26.4. The zero-order valence-corrected chi connectivity index (χ0v) is 21.0. The van der Waals surface area contributed by atoms with Crippen LogP contribution in [0.4, 0.5) is 21.7 Å². The zero-order valence-electron chi connectivity index (χ0n) is 18.7. The summed E-state index contributed by atoms with van der Waals surface area (Å²) < 4.78 is 41.5. The summed E-state index contributed by atoms with van der Waals surface area (Å²) >= 11 is 11.8. The fraction of sp³-hybridized carbons (Fsp3) is 0. The molecule has 0 bridgehead atoms. The molecule has 3 N–H and O–H groups in total. The van der Waals surface area contributed by atoms with Crippen molar-refractivity contribution in [3.63, 3.8) is 0 Å². The molecule has 0 aliphatic carbocycles. The van der Waals surface area contributed by atoms with Gasteiger partial charge in [0.2, 0.25) is 5.96 Å². The number of nitrogens with zero attached hydrogens (tertiary/aromatic N) is 3. The molecule has 0 aliphatic heterocycles. The monoisotopic (exact) mass is 558 g/mol. The number of aromatic nitrogens is 2. The SMILES string of the molecule is O=C(/N=C(/Nc1cc(F)cc(Cl)c1)Nc1cccc(NS(=O)(=O)c2cccnc2)n1)c1ccc(Cl)cc1. The Morgan fingerprint density at radius 1 is 0.892 bits per heavy atom. The minimum absolute atomic E-state index is 0.00830. The number of halogens is 3. The summed E-state index contributed by atoms with van der Waals surface area (Å²) in [7, 11) is -3.95. The highest BCUT2D eigenvalue weighted by Gasteiger charge is 2.16. The Bertz CT molecular complexity index is 1550. The number of hydrogen-bond acceptors (Lipinski definition) is 5. The van der Waals surface area contributed by atoms with Gasteiger partial charge in [-0.05, 0) is 66.7 Å². The van der Waals surface area contributed by atoms with Gasteiger partial charge in [-0.15, -0.1) is 0 Å². The molecule has 2 heterocycles. The highest BCUT2D eigenvalue weighted by molar-refractivity contribution is 7.92. The van der Waals surface area contributed by atoms with Crippen molar-refractivity contribution in [3.05, 3.63) is 107 Å². The van der Waals surface area contributed by atoms with Crippen molar-refractivity contribution >= 4 is 62.4 Å². The average molecular weight is 559 g/mol. The molecular weight excluding hydrogens is 542 g/mol. The number of anilines is 3. The van der Waals surface area contributed by atoms with Gasteiger partial charge < -0.3 is 10.6 Å². The minimum atomic E-state index is -3.95. The molecule has 13 heteroatoms. The molecule has 0 atom stereocenters. The third-order valence-corrected chi connectivity index (χ3v) is 6.42. The van der Waals surface area contributed by atoms with E-state index in [-0.39, 0.29) is 38.8 Å². The van der Waals surface area contributed by atoms with Gasteiger partial charge in [-0.2, -0.15) is 4.99 Å². The van der Waals surface area contributed by atoms with Gasteiger partial charge in [0.15, 0.2) is 0 Å². The molecule has 0 aliphatic rings. The molecule has 4 aromatic rings. The number of rotatable bonds is 6. The van der Waals surface area contributed by atoms with Crippen LogP contribution in [0, 0.1) is 5.82 Å². The molecule has 37 heavy (non-hydrogen) atoms. The van der Waals surface area contributed by atoms with E-state index >= 15 is 0 Å². The third-order valence-electron chi connectivity index (χ3n) is 4.61. The van der Waals surface area contributed by atoms with Gasteiger partial charge in [-0.1, -0.05) is 29.3 Å². The summed E-state index contributed by atoms with van der Waals surface area (Å²) in [5.74, 6) is -1.25. The Kier molecular flexibility index (Phi) is 7.97. The average Bonchev–Trinajstić information content (AvgIpc) is 2.84. The highest BCUT2D eigenvalue weighted by atomic mass is 35.5. The fourth-order valence-corrected chi connectivity index (χ4v) is 4.31. The number of amides is 1. The molecule has 2 aromatic heterocycles. The van der Waals surface area contributed by atoms with Crippen LogP contribution in [0.2, 0.25) is 10.0 Å². The van der Waals surface area contributed by atoms with Crippen molar-refractivity contribution in [2.75, 3.05) is 15.4 Å². The molecule has 0 fully saturated rings. The Morgan fingerprint density at radius 3 is 2.35 bits per heavy atom. The van der Waals surface area contributed by atoms with Crippen LogP contribution in [0.1, 0.15) is 10.4 Å². The first-order valence-corrected chi connectivity index (χ1v) is 12.7. The number of nitrogens with one attached hydrogen (secondary N) is 3. The molecule has 0 saturated heterocycles. The smallest absolute Gasteiger partial charge is 0.280 e. The molecule has 9 nitrogen and oxygen atoms in total. The van der Waals surface area contributed by atoms with Gasteiger partial charge in [0.05, 0.1) is 0 Å². The van der Waals surface area contributed by atoms with Gasteiger partial charge in [0.25, 0.3) is 15.9 Å². The van der Waals surface area contributed by atoms with Crippen LogP contribution in [0.15, 0.2) is 95.1 Å². The summed E-state index contributed by atoms with van der Waals surface area (Å²) in [6.07, 6.45) is 2.65. The normalized spacial score (nSPS) is 11.6. The maximum absolute atomic E-state index is 13.9. The third kappa shape index (κ3) is 7.23. The number of guanidine groups is 1. The first-order chi connectivity index (χ1) is 17.7.